The van der Waals surface area contributed by atoms with Gasteiger partial charge in [0.05, 0.1) is 16.4 Å². The van der Waals surface area contributed by atoms with E-state index in [0.717, 1.165) is 18.4 Å². The number of rotatable bonds is 12. The van der Waals surface area contributed by atoms with Gasteiger partial charge in [-0.05, 0) is 59.9 Å². The molecular formula is C35H44ClN3O5. The summed E-state index contributed by atoms with van der Waals surface area (Å²) in [6.45, 7) is 16.1. The number of carbonyl (C=O) groups is 3. The minimum absolute atomic E-state index is 0.00349. The van der Waals surface area contributed by atoms with Crippen molar-refractivity contribution >= 4 is 46.4 Å². The summed E-state index contributed by atoms with van der Waals surface area (Å²) in [6.07, 6.45) is 1.28. The van der Waals surface area contributed by atoms with Crippen LogP contribution in [0.1, 0.15) is 96.1 Å². The molecule has 0 bridgehead atoms. The summed E-state index contributed by atoms with van der Waals surface area (Å²) in [4.78, 5) is 38.5. The fourth-order valence-corrected chi connectivity index (χ4v) is 4.85. The summed E-state index contributed by atoms with van der Waals surface area (Å²) in [5, 5.41) is 19.1. The van der Waals surface area contributed by atoms with Crippen molar-refractivity contribution < 1.29 is 24.2 Å². The van der Waals surface area contributed by atoms with E-state index < -0.39 is 29.6 Å². The highest BCUT2D eigenvalue weighted by Crippen LogP contribution is 2.44. The Hall–Kier alpha value is -4.04. The molecule has 9 heteroatoms. The molecule has 0 aromatic heterocycles. The van der Waals surface area contributed by atoms with E-state index in [1.165, 1.54) is 18.6 Å². The van der Waals surface area contributed by atoms with Gasteiger partial charge in [-0.1, -0.05) is 90.4 Å². The normalized spacial score (nSPS) is 12.3. The Morgan fingerprint density at radius 2 is 1.50 bits per heavy atom. The van der Waals surface area contributed by atoms with E-state index in [1.54, 1.807) is 30.3 Å². The van der Waals surface area contributed by atoms with Gasteiger partial charge < -0.3 is 25.8 Å². The topological polar surface area (TPSA) is 117 Å². The van der Waals surface area contributed by atoms with E-state index >= 15 is 0 Å². The SMILES string of the molecule is CCC(Oc1ccc(C(C)(C)CC)cc1C(C)(C)CC)C(=O)Nc1cc(Cl)c(NC(C)=O)c(NC(=O)c2ccccc2)c1O. The number of halogens is 1. The molecule has 0 fully saturated rings. The molecule has 8 nitrogen and oxygen atoms in total. The first-order valence-corrected chi connectivity index (χ1v) is 15.3. The summed E-state index contributed by atoms with van der Waals surface area (Å²) in [7, 11) is 0. The van der Waals surface area contributed by atoms with Crippen molar-refractivity contribution in [2.45, 2.75) is 91.6 Å². The lowest BCUT2D eigenvalue weighted by atomic mass is 9.76. The largest absolute Gasteiger partial charge is 0.504 e. The maximum absolute atomic E-state index is 13.6. The van der Waals surface area contributed by atoms with Gasteiger partial charge in [0, 0.05) is 18.1 Å². The molecule has 4 N–H and O–H groups in total. The molecule has 1 unspecified atom stereocenters. The van der Waals surface area contributed by atoms with Crippen molar-refractivity contribution in [3.8, 4) is 11.5 Å². The van der Waals surface area contributed by atoms with Crippen LogP contribution >= 0.6 is 11.6 Å². The number of carbonyl (C=O) groups excluding carboxylic acids is 3. The molecule has 3 amide bonds. The average Bonchev–Trinajstić information content (AvgIpc) is 3.00. The number of ether oxygens (including phenoxy) is 1. The molecular weight excluding hydrogens is 578 g/mol. The highest BCUT2D eigenvalue weighted by atomic mass is 35.5. The standard InChI is InChI=1S/C35H44ClN3O5/c1-9-27(44-28-18-17-23(34(5,6)10-2)19-24(28)35(7,8)11-3)33(43)38-26-20-25(36)29(37-21(4)40)30(31(26)41)39-32(42)22-15-13-12-14-16-22/h12-20,27,41H,9-11H2,1-8H3,(H,37,40)(H,38,43)(H,39,42). The van der Waals surface area contributed by atoms with E-state index in [4.69, 9.17) is 16.3 Å². The maximum Gasteiger partial charge on any atom is 0.265 e. The lowest BCUT2D eigenvalue weighted by molar-refractivity contribution is -0.123. The Kier molecular flexibility index (Phi) is 11.1. The molecule has 0 saturated carbocycles. The molecule has 0 heterocycles. The van der Waals surface area contributed by atoms with Gasteiger partial charge in [0.2, 0.25) is 5.91 Å². The number of hydrogen-bond donors (Lipinski definition) is 4. The van der Waals surface area contributed by atoms with E-state index in [2.05, 4.69) is 63.6 Å². The van der Waals surface area contributed by atoms with Gasteiger partial charge >= 0.3 is 0 Å². The number of nitrogens with one attached hydrogen (secondary N) is 3. The fraction of sp³-hybridized carbons (Fsp3) is 0.400. The van der Waals surface area contributed by atoms with E-state index in [9.17, 15) is 19.5 Å². The van der Waals surface area contributed by atoms with Crippen LogP contribution in [0.3, 0.4) is 0 Å². The molecule has 3 rings (SSSR count). The van der Waals surface area contributed by atoms with E-state index in [-0.39, 0.29) is 32.9 Å². The van der Waals surface area contributed by atoms with Crippen molar-refractivity contribution in [3.63, 3.8) is 0 Å². The summed E-state index contributed by atoms with van der Waals surface area (Å²) in [6, 6.07) is 15.8. The summed E-state index contributed by atoms with van der Waals surface area (Å²) >= 11 is 6.50. The molecule has 0 spiro atoms. The van der Waals surface area contributed by atoms with Crippen LogP contribution in [0.4, 0.5) is 17.1 Å². The van der Waals surface area contributed by atoms with Crippen molar-refractivity contribution in [2.75, 3.05) is 16.0 Å². The number of phenolic OH excluding ortho intramolecular Hbond substituents is 1. The van der Waals surface area contributed by atoms with Crippen LogP contribution in [0.25, 0.3) is 0 Å². The Labute approximate surface area is 265 Å². The van der Waals surface area contributed by atoms with Crippen LogP contribution < -0.4 is 20.7 Å². The van der Waals surface area contributed by atoms with Crippen LogP contribution in [-0.2, 0) is 20.4 Å². The van der Waals surface area contributed by atoms with Crippen molar-refractivity contribution in [1.82, 2.24) is 0 Å². The molecule has 3 aromatic carbocycles. The second kappa shape index (κ2) is 14.2. The lowest BCUT2D eigenvalue weighted by Crippen LogP contribution is -2.33. The van der Waals surface area contributed by atoms with Crippen LogP contribution in [0.2, 0.25) is 5.02 Å². The predicted molar refractivity (Wildman–Crippen MR) is 178 cm³/mol. The van der Waals surface area contributed by atoms with Crippen LogP contribution in [-0.4, -0.2) is 28.9 Å². The highest BCUT2D eigenvalue weighted by Gasteiger charge is 2.30. The number of anilines is 3. The Balaban J connectivity index is 1.98. The summed E-state index contributed by atoms with van der Waals surface area (Å²) < 4.78 is 6.36. The number of phenols is 1. The molecule has 1 atom stereocenters. The Bertz CT molecular complexity index is 1520. The molecule has 236 valence electrons. The zero-order valence-electron chi connectivity index (χ0n) is 26.9. The molecule has 0 saturated heterocycles. The van der Waals surface area contributed by atoms with Gasteiger partial charge in [0.1, 0.15) is 11.4 Å². The van der Waals surface area contributed by atoms with Gasteiger partial charge in [-0.2, -0.15) is 0 Å². The third-order valence-corrected chi connectivity index (χ3v) is 8.57. The molecule has 3 aromatic rings. The molecule has 44 heavy (non-hydrogen) atoms. The number of benzene rings is 3. The number of amides is 3. The van der Waals surface area contributed by atoms with Crippen LogP contribution in [0, 0.1) is 0 Å². The molecule has 0 aliphatic carbocycles. The van der Waals surface area contributed by atoms with Crippen molar-refractivity contribution in [2.24, 2.45) is 0 Å². The monoisotopic (exact) mass is 621 g/mol. The maximum atomic E-state index is 13.6. The second-order valence-electron chi connectivity index (χ2n) is 12.2. The Morgan fingerprint density at radius 1 is 0.864 bits per heavy atom. The lowest BCUT2D eigenvalue weighted by Gasteiger charge is -2.31. The minimum Gasteiger partial charge on any atom is -0.504 e. The van der Waals surface area contributed by atoms with Crippen LogP contribution in [0.15, 0.2) is 54.6 Å². The van der Waals surface area contributed by atoms with Gasteiger partial charge in [0.25, 0.3) is 11.8 Å². The summed E-state index contributed by atoms with van der Waals surface area (Å²) in [5.74, 6) is -1.36. The minimum atomic E-state index is -0.901. The van der Waals surface area contributed by atoms with E-state index in [1.807, 2.05) is 19.1 Å². The van der Waals surface area contributed by atoms with Gasteiger partial charge in [-0.25, -0.2) is 0 Å². The molecule has 0 aliphatic rings. The first-order valence-electron chi connectivity index (χ1n) is 15.0. The average molecular weight is 622 g/mol. The predicted octanol–water partition coefficient (Wildman–Crippen LogP) is 8.43. The third kappa shape index (κ3) is 7.91. The smallest absolute Gasteiger partial charge is 0.265 e. The fourth-order valence-electron chi connectivity index (χ4n) is 4.60. The molecule has 0 aliphatic heterocycles. The zero-order chi connectivity index (χ0) is 32.8. The zero-order valence-corrected chi connectivity index (χ0v) is 27.6. The molecule has 0 radical (unpaired) electrons. The van der Waals surface area contributed by atoms with Crippen molar-refractivity contribution in [3.05, 3.63) is 76.3 Å². The number of aromatic hydroxyl groups is 1. The van der Waals surface area contributed by atoms with E-state index in [0.29, 0.717) is 17.7 Å². The number of hydrogen-bond acceptors (Lipinski definition) is 5. The Morgan fingerprint density at radius 3 is 2.07 bits per heavy atom. The first-order chi connectivity index (χ1) is 20.6. The first kappa shape index (κ1) is 34.5. The van der Waals surface area contributed by atoms with Gasteiger partial charge in [-0.3, -0.25) is 14.4 Å². The quantitative estimate of drug-likeness (QED) is 0.151. The van der Waals surface area contributed by atoms with Gasteiger partial charge in [-0.15, -0.1) is 0 Å². The summed E-state index contributed by atoms with van der Waals surface area (Å²) in [5.41, 5.74) is 2.12. The highest BCUT2D eigenvalue weighted by molar-refractivity contribution is 6.35. The third-order valence-electron chi connectivity index (χ3n) is 8.28. The van der Waals surface area contributed by atoms with Gasteiger partial charge in [0.15, 0.2) is 11.9 Å². The van der Waals surface area contributed by atoms with Crippen molar-refractivity contribution in [1.29, 1.82) is 0 Å². The van der Waals surface area contributed by atoms with Crippen LogP contribution in [0.5, 0.6) is 11.5 Å². The second-order valence-corrected chi connectivity index (χ2v) is 12.6.